The second-order valence-electron chi connectivity index (χ2n) is 5.38. The monoisotopic (exact) mass is 295 g/mol. The van der Waals surface area contributed by atoms with Crippen molar-refractivity contribution in [1.29, 1.82) is 0 Å². The first-order chi connectivity index (χ1) is 9.88. The number of anilines is 1. The van der Waals surface area contributed by atoms with Gasteiger partial charge in [-0.15, -0.1) is 0 Å². The Balaban J connectivity index is 2.47. The maximum Gasteiger partial charge on any atom is 0.321 e. The van der Waals surface area contributed by atoms with Gasteiger partial charge in [-0.1, -0.05) is 19.9 Å². The molecule has 0 saturated carbocycles. The molecular formula is C15H25N3O3. The maximum atomic E-state index is 11.6. The molecular weight excluding hydrogens is 270 g/mol. The van der Waals surface area contributed by atoms with Gasteiger partial charge in [-0.05, 0) is 12.1 Å². The number of ether oxygens (including phenoxy) is 1. The van der Waals surface area contributed by atoms with Crippen LogP contribution in [-0.2, 0) is 0 Å². The van der Waals surface area contributed by atoms with E-state index < -0.39 is 6.10 Å². The number of hydrogen-bond acceptors (Lipinski definition) is 4. The van der Waals surface area contributed by atoms with Gasteiger partial charge in [0.2, 0.25) is 0 Å². The Morgan fingerprint density at radius 1 is 1.38 bits per heavy atom. The van der Waals surface area contributed by atoms with E-state index in [0.29, 0.717) is 24.0 Å². The summed E-state index contributed by atoms with van der Waals surface area (Å²) in [6.45, 7) is 4.72. The normalized spacial score (nSPS) is 12.1. The lowest BCUT2D eigenvalue weighted by Gasteiger charge is -2.16. The number of aliphatic hydroxyl groups is 1. The number of carbonyl (C=O) groups is 1. The van der Waals surface area contributed by atoms with Crippen molar-refractivity contribution in [1.82, 2.24) is 10.2 Å². The quantitative estimate of drug-likeness (QED) is 0.713. The first kappa shape index (κ1) is 17.3. The van der Waals surface area contributed by atoms with Crippen molar-refractivity contribution in [3.63, 3.8) is 0 Å². The van der Waals surface area contributed by atoms with Gasteiger partial charge < -0.3 is 25.4 Å². The zero-order chi connectivity index (χ0) is 15.8. The van der Waals surface area contributed by atoms with E-state index in [2.05, 4.69) is 10.6 Å². The van der Waals surface area contributed by atoms with E-state index in [-0.39, 0.29) is 12.6 Å². The van der Waals surface area contributed by atoms with Crippen molar-refractivity contribution >= 4 is 11.7 Å². The van der Waals surface area contributed by atoms with Crippen molar-refractivity contribution in [3.05, 3.63) is 24.3 Å². The van der Waals surface area contributed by atoms with Crippen molar-refractivity contribution < 1.29 is 14.6 Å². The molecule has 21 heavy (non-hydrogen) atoms. The zero-order valence-corrected chi connectivity index (χ0v) is 13.1. The summed E-state index contributed by atoms with van der Waals surface area (Å²) in [5.41, 5.74) is 0.654. The minimum atomic E-state index is -0.576. The number of rotatable bonds is 7. The van der Waals surface area contributed by atoms with Gasteiger partial charge >= 0.3 is 6.03 Å². The maximum absolute atomic E-state index is 11.6. The third-order valence-electron chi connectivity index (χ3n) is 2.70. The lowest BCUT2D eigenvalue weighted by molar-refractivity contribution is 0.104. The summed E-state index contributed by atoms with van der Waals surface area (Å²) < 4.78 is 5.53. The summed E-state index contributed by atoms with van der Waals surface area (Å²) in [5.74, 6) is 0.607. The third-order valence-corrected chi connectivity index (χ3v) is 2.70. The number of benzene rings is 1. The Hall–Kier alpha value is -1.79. The van der Waals surface area contributed by atoms with Gasteiger partial charge in [0.05, 0.1) is 0 Å². The molecule has 0 fully saturated rings. The van der Waals surface area contributed by atoms with Crippen molar-refractivity contribution in [3.8, 4) is 5.75 Å². The average Bonchev–Trinajstić information content (AvgIpc) is 2.43. The summed E-state index contributed by atoms with van der Waals surface area (Å²) in [6, 6.07) is 7.21. The summed E-state index contributed by atoms with van der Waals surface area (Å²) in [7, 11) is 3.35. The lowest BCUT2D eigenvalue weighted by atomic mass is 10.3. The molecule has 6 nitrogen and oxygen atoms in total. The van der Waals surface area contributed by atoms with Crippen LogP contribution < -0.4 is 15.4 Å². The molecule has 0 aliphatic heterocycles. The molecule has 118 valence electrons. The van der Waals surface area contributed by atoms with E-state index in [0.717, 1.165) is 0 Å². The van der Waals surface area contributed by atoms with Crippen molar-refractivity contribution in [2.45, 2.75) is 26.0 Å². The number of amides is 2. The second kappa shape index (κ2) is 8.49. The van der Waals surface area contributed by atoms with Crippen molar-refractivity contribution in [2.24, 2.45) is 0 Å². The minimum absolute atomic E-state index is 0.199. The molecule has 1 rings (SSSR count). The van der Waals surface area contributed by atoms with Crippen LogP contribution >= 0.6 is 0 Å². The molecule has 0 aliphatic carbocycles. The Labute approximate surface area is 126 Å². The Kier molecular flexibility index (Phi) is 6.98. The number of hydrogen-bond donors (Lipinski definition) is 3. The molecule has 1 aromatic rings. The molecule has 0 spiro atoms. The predicted octanol–water partition coefficient (Wildman–Crippen LogP) is 1.52. The van der Waals surface area contributed by atoms with Gasteiger partial charge in [-0.25, -0.2) is 4.79 Å². The second-order valence-corrected chi connectivity index (χ2v) is 5.38. The molecule has 6 heteroatoms. The van der Waals surface area contributed by atoms with Crippen LogP contribution in [0.2, 0.25) is 0 Å². The summed E-state index contributed by atoms with van der Waals surface area (Å²) >= 11 is 0. The van der Waals surface area contributed by atoms with Crippen molar-refractivity contribution in [2.75, 3.05) is 32.6 Å². The highest BCUT2D eigenvalue weighted by molar-refractivity contribution is 5.89. The molecule has 0 radical (unpaired) electrons. The SMILES string of the molecule is CC(C)NCC(O)COc1cccc(NC(=O)N(C)C)c1. The van der Waals surface area contributed by atoms with Crippen LogP contribution in [0.25, 0.3) is 0 Å². The fraction of sp³-hybridized carbons (Fsp3) is 0.533. The molecule has 1 unspecified atom stereocenters. The predicted molar refractivity (Wildman–Crippen MR) is 83.8 cm³/mol. The molecule has 0 aromatic heterocycles. The van der Waals surface area contributed by atoms with Gasteiger partial charge in [-0.3, -0.25) is 0 Å². The van der Waals surface area contributed by atoms with E-state index >= 15 is 0 Å². The average molecular weight is 295 g/mol. The number of nitrogens with one attached hydrogen (secondary N) is 2. The van der Waals surface area contributed by atoms with Gasteiger partial charge in [0.15, 0.2) is 0 Å². The highest BCUT2D eigenvalue weighted by atomic mass is 16.5. The third kappa shape index (κ3) is 6.97. The van der Waals surface area contributed by atoms with E-state index in [1.807, 2.05) is 13.8 Å². The highest BCUT2D eigenvalue weighted by Gasteiger charge is 2.07. The Morgan fingerprint density at radius 2 is 2.10 bits per heavy atom. The smallest absolute Gasteiger partial charge is 0.321 e. The first-order valence-electron chi connectivity index (χ1n) is 7.01. The van der Waals surface area contributed by atoms with Crippen LogP contribution in [0.15, 0.2) is 24.3 Å². The van der Waals surface area contributed by atoms with E-state index in [4.69, 9.17) is 4.74 Å². The van der Waals surface area contributed by atoms with E-state index in [1.54, 1.807) is 38.4 Å². The summed E-state index contributed by atoms with van der Waals surface area (Å²) in [5, 5.41) is 15.7. The van der Waals surface area contributed by atoms with Crippen LogP contribution in [0.5, 0.6) is 5.75 Å². The van der Waals surface area contributed by atoms with Crippen LogP contribution in [-0.4, -0.2) is 55.4 Å². The molecule has 3 N–H and O–H groups in total. The fourth-order valence-corrected chi connectivity index (χ4v) is 1.52. The molecule has 1 atom stereocenters. The topological polar surface area (TPSA) is 73.8 Å². The van der Waals surface area contributed by atoms with Crippen LogP contribution in [0, 0.1) is 0 Å². The highest BCUT2D eigenvalue weighted by Crippen LogP contribution is 2.17. The van der Waals surface area contributed by atoms with Crippen LogP contribution in [0.1, 0.15) is 13.8 Å². The van der Waals surface area contributed by atoms with Gasteiger partial charge in [0.1, 0.15) is 18.5 Å². The Bertz CT molecular complexity index is 450. The largest absolute Gasteiger partial charge is 0.491 e. The van der Waals surface area contributed by atoms with Crippen LogP contribution in [0.3, 0.4) is 0 Å². The molecule has 0 aliphatic rings. The molecule has 1 aromatic carbocycles. The number of carbonyl (C=O) groups excluding carboxylic acids is 1. The molecule has 0 heterocycles. The molecule has 0 bridgehead atoms. The van der Waals surface area contributed by atoms with E-state index in [9.17, 15) is 9.90 Å². The van der Waals surface area contributed by atoms with Gasteiger partial charge in [-0.2, -0.15) is 0 Å². The molecule has 2 amide bonds. The van der Waals surface area contributed by atoms with E-state index in [1.165, 1.54) is 4.90 Å². The Morgan fingerprint density at radius 3 is 2.71 bits per heavy atom. The number of urea groups is 1. The zero-order valence-electron chi connectivity index (χ0n) is 13.1. The van der Waals surface area contributed by atoms with Gasteiger partial charge in [0.25, 0.3) is 0 Å². The lowest BCUT2D eigenvalue weighted by Crippen LogP contribution is -2.35. The summed E-state index contributed by atoms with van der Waals surface area (Å²) in [4.78, 5) is 13.0. The van der Waals surface area contributed by atoms with Gasteiger partial charge in [0, 0.05) is 38.4 Å². The fourth-order valence-electron chi connectivity index (χ4n) is 1.52. The molecule has 0 saturated heterocycles. The first-order valence-corrected chi connectivity index (χ1v) is 7.01. The number of nitrogens with zero attached hydrogens (tertiary/aromatic N) is 1. The minimum Gasteiger partial charge on any atom is -0.491 e. The summed E-state index contributed by atoms with van der Waals surface area (Å²) in [6.07, 6.45) is -0.576. The number of aliphatic hydroxyl groups excluding tert-OH is 1. The van der Waals surface area contributed by atoms with Crippen LogP contribution in [0.4, 0.5) is 10.5 Å². The standard InChI is InChI=1S/C15H25N3O3/c1-11(2)16-9-13(19)10-21-14-7-5-6-12(8-14)17-15(20)18(3)4/h5-8,11,13,16,19H,9-10H2,1-4H3,(H,17,20).